The molecule has 0 aliphatic rings. The van der Waals surface area contributed by atoms with Crippen LogP contribution >= 0.6 is 0 Å². The molecule has 0 saturated carbocycles. The van der Waals surface area contributed by atoms with Crippen LogP contribution in [0, 0.1) is 0 Å². The molecular weight excluding hydrogens is 322 g/mol. The second-order valence-electron chi connectivity index (χ2n) is 5.34. The predicted octanol–water partition coefficient (Wildman–Crippen LogP) is 1.00. The maximum Gasteiger partial charge on any atom is 0.274 e. The van der Waals surface area contributed by atoms with Gasteiger partial charge in [0.25, 0.3) is 11.5 Å². The highest BCUT2D eigenvalue weighted by atomic mass is 16.5. The molecule has 25 heavy (non-hydrogen) atoms. The first-order valence-electron chi connectivity index (χ1n) is 7.71. The van der Waals surface area contributed by atoms with Crippen molar-refractivity contribution in [2.24, 2.45) is 0 Å². The molecule has 8 nitrogen and oxygen atoms in total. The van der Waals surface area contributed by atoms with Crippen molar-refractivity contribution in [3.63, 3.8) is 0 Å². The Balaban J connectivity index is 1.90. The third-order valence-corrected chi connectivity index (χ3v) is 3.64. The molecule has 3 aromatic rings. The number of nitrogens with zero attached hydrogens (tertiary/aromatic N) is 4. The molecule has 0 spiro atoms. The fourth-order valence-corrected chi connectivity index (χ4v) is 2.42. The van der Waals surface area contributed by atoms with Crippen molar-refractivity contribution in [2.75, 3.05) is 20.3 Å². The van der Waals surface area contributed by atoms with Gasteiger partial charge in [-0.15, -0.1) is 0 Å². The molecule has 0 aliphatic carbocycles. The van der Waals surface area contributed by atoms with Gasteiger partial charge in [-0.3, -0.25) is 14.6 Å². The standard InChI is InChI=1S/C17H17N5O3/c1-25-9-8-22(17(24)14-10-18-6-7-19-14)11-15-20-13-5-3-2-4-12(13)16(23)21-15/h2-7,10H,8-9,11H2,1H3,(H,20,21,23). The van der Waals surface area contributed by atoms with Gasteiger partial charge < -0.3 is 14.6 Å². The molecule has 1 amide bonds. The summed E-state index contributed by atoms with van der Waals surface area (Å²) >= 11 is 0. The van der Waals surface area contributed by atoms with Gasteiger partial charge in [-0.25, -0.2) is 9.97 Å². The van der Waals surface area contributed by atoms with Gasteiger partial charge in [0, 0.05) is 26.0 Å². The fraction of sp³-hybridized carbons (Fsp3) is 0.235. The maximum absolute atomic E-state index is 12.7. The maximum atomic E-state index is 12.7. The van der Waals surface area contributed by atoms with E-state index in [4.69, 9.17) is 4.74 Å². The number of methoxy groups -OCH3 is 1. The number of carbonyl (C=O) groups excluding carboxylic acids is 1. The van der Waals surface area contributed by atoms with Crippen LogP contribution in [-0.4, -0.2) is 51.0 Å². The van der Waals surface area contributed by atoms with Gasteiger partial charge in [0.15, 0.2) is 0 Å². The molecular formula is C17H17N5O3. The summed E-state index contributed by atoms with van der Waals surface area (Å²) in [6, 6.07) is 7.06. The minimum atomic E-state index is -0.305. The Morgan fingerprint density at radius 1 is 1.28 bits per heavy atom. The van der Waals surface area contributed by atoms with E-state index < -0.39 is 0 Å². The molecule has 0 saturated heterocycles. The van der Waals surface area contributed by atoms with E-state index in [9.17, 15) is 9.59 Å². The summed E-state index contributed by atoms with van der Waals surface area (Å²) in [5.41, 5.74) is 0.570. The van der Waals surface area contributed by atoms with Crippen molar-refractivity contribution in [2.45, 2.75) is 6.54 Å². The number of amides is 1. The Labute approximate surface area is 143 Å². The molecule has 0 fully saturated rings. The zero-order valence-electron chi connectivity index (χ0n) is 13.7. The van der Waals surface area contributed by atoms with E-state index in [0.717, 1.165) is 0 Å². The average Bonchev–Trinajstić information content (AvgIpc) is 2.65. The number of H-pyrrole nitrogens is 1. The van der Waals surface area contributed by atoms with E-state index in [1.807, 2.05) is 6.07 Å². The van der Waals surface area contributed by atoms with Gasteiger partial charge in [-0.05, 0) is 12.1 Å². The van der Waals surface area contributed by atoms with Gasteiger partial charge in [-0.1, -0.05) is 12.1 Å². The number of ether oxygens (including phenoxy) is 1. The van der Waals surface area contributed by atoms with E-state index in [1.54, 1.807) is 25.3 Å². The second-order valence-corrected chi connectivity index (χ2v) is 5.34. The molecule has 1 aromatic carbocycles. The van der Waals surface area contributed by atoms with Crippen LogP contribution in [-0.2, 0) is 11.3 Å². The van der Waals surface area contributed by atoms with Crippen molar-refractivity contribution < 1.29 is 9.53 Å². The molecule has 8 heteroatoms. The van der Waals surface area contributed by atoms with Crippen LogP contribution in [0.5, 0.6) is 0 Å². The number of carbonyl (C=O) groups is 1. The topological polar surface area (TPSA) is 101 Å². The summed E-state index contributed by atoms with van der Waals surface area (Å²) in [6.45, 7) is 0.825. The number of fused-ring (bicyclic) bond motifs is 1. The van der Waals surface area contributed by atoms with Gasteiger partial charge >= 0.3 is 0 Å². The lowest BCUT2D eigenvalue weighted by Crippen LogP contribution is -2.35. The summed E-state index contributed by atoms with van der Waals surface area (Å²) in [6.07, 6.45) is 4.36. The first-order valence-corrected chi connectivity index (χ1v) is 7.71. The van der Waals surface area contributed by atoms with Gasteiger partial charge in [0.2, 0.25) is 0 Å². The number of aromatic nitrogens is 4. The van der Waals surface area contributed by atoms with E-state index in [0.29, 0.717) is 29.9 Å². The molecule has 2 aromatic heterocycles. The fourth-order valence-electron chi connectivity index (χ4n) is 2.42. The largest absolute Gasteiger partial charge is 0.383 e. The normalized spacial score (nSPS) is 10.8. The van der Waals surface area contributed by atoms with Crippen LogP contribution in [0.2, 0.25) is 0 Å². The Hall–Kier alpha value is -3.13. The molecule has 0 atom stereocenters. The summed E-state index contributed by atoms with van der Waals surface area (Å²) < 4.78 is 5.07. The van der Waals surface area contributed by atoms with Crippen molar-refractivity contribution >= 4 is 16.8 Å². The Morgan fingerprint density at radius 3 is 2.88 bits per heavy atom. The minimum absolute atomic E-state index is 0.138. The van der Waals surface area contributed by atoms with E-state index in [-0.39, 0.29) is 23.7 Å². The van der Waals surface area contributed by atoms with Gasteiger partial charge in [0.05, 0.1) is 30.3 Å². The number of rotatable bonds is 6. The summed E-state index contributed by atoms with van der Waals surface area (Å²) in [5.74, 6) is 0.0954. The lowest BCUT2D eigenvalue weighted by molar-refractivity contribution is 0.0669. The first kappa shape index (κ1) is 16.7. The third-order valence-electron chi connectivity index (χ3n) is 3.64. The molecule has 2 heterocycles. The number of hydrogen-bond donors (Lipinski definition) is 1. The Morgan fingerprint density at radius 2 is 2.12 bits per heavy atom. The van der Waals surface area contributed by atoms with E-state index in [2.05, 4.69) is 19.9 Å². The quantitative estimate of drug-likeness (QED) is 0.719. The smallest absolute Gasteiger partial charge is 0.274 e. The number of benzene rings is 1. The molecule has 0 bridgehead atoms. The van der Waals surface area contributed by atoms with Crippen LogP contribution < -0.4 is 5.56 Å². The summed E-state index contributed by atoms with van der Waals surface area (Å²) in [5, 5.41) is 0.509. The van der Waals surface area contributed by atoms with Crippen LogP contribution in [0.15, 0.2) is 47.7 Å². The van der Waals surface area contributed by atoms with Crippen LogP contribution in [0.1, 0.15) is 16.3 Å². The zero-order valence-corrected chi connectivity index (χ0v) is 13.7. The van der Waals surface area contributed by atoms with Crippen molar-refractivity contribution in [3.8, 4) is 0 Å². The van der Waals surface area contributed by atoms with Crippen LogP contribution in [0.25, 0.3) is 10.9 Å². The van der Waals surface area contributed by atoms with E-state index >= 15 is 0 Å². The predicted molar refractivity (Wildman–Crippen MR) is 91.0 cm³/mol. The number of nitrogens with one attached hydrogen (secondary N) is 1. The lowest BCUT2D eigenvalue weighted by atomic mass is 10.2. The molecule has 3 rings (SSSR count). The Kier molecular flexibility index (Phi) is 5.10. The number of aromatic amines is 1. The second kappa shape index (κ2) is 7.63. The van der Waals surface area contributed by atoms with Crippen LogP contribution in [0.4, 0.5) is 0 Å². The molecule has 1 N–H and O–H groups in total. The average molecular weight is 339 g/mol. The third kappa shape index (κ3) is 3.86. The molecule has 0 aliphatic heterocycles. The molecule has 128 valence electrons. The van der Waals surface area contributed by atoms with Crippen molar-refractivity contribution in [1.82, 2.24) is 24.8 Å². The molecule has 0 unspecified atom stereocenters. The van der Waals surface area contributed by atoms with Gasteiger partial charge in [0.1, 0.15) is 11.5 Å². The van der Waals surface area contributed by atoms with Gasteiger partial charge in [-0.2, -0.15) is 0 Å². The lowest BCUT2D eigenvalue weighted by Gasteiger charge is -2.21. The Bertz CT molecular complexity index is 926. The number of para-hydroxylation sites is 1. The number of hydrogen-bond acceptors (Lipinski definition) is 6. The highest BCUT2D eigenvalue weighted by Crippen LogP contribution is 2.09. The van der Waals surface area contributed by atoms with E-state index in [1.165, 1.54) is 23.5 Å². The SMILES string of the molecule is COCCN(Cc1nc2ccccc2c(=O)[nH]1)C(=O)c1cnccn1. The van der Waals surface area contributed by atoms with Crippen LogP contribution in [0.3, 0.4) is 0 Å². The zero-order chi connectivity index (χ0) is 17.6. The monoisotopic (exact) mass is 339 g/mol. The highest BCUT2D eigenvalue weighted by Gasteiger charge is 2.18. The van der Waals surface area contributed by atoms with Crippen molar-refractivity contribution in [3.05, 3.63) is 64.7 Å². The highest BCUT2D eigenvalue weighted by molar-refractivity contribution is 5.91. The van der Waals surface area contributed by atoms with Crippen molar-refractivity contribution in [1.29, 1.82) is 0 Å². The summed E-state index contributed by atoms with van der Waals surface area (Å²) in [7, 11) is 1.56. The minimum Gasteiger partial charge on any atom is -0.383 e. The first-order chi connectivity index (χ1) is 12.2. The summed E-state index contributed by atoms with van der Waals surface area (Å²) in [4.78, 5) is 41.5. The molecule has 0 radical (unpaired) electrons.